The lowest BCUT2D eigenvalue weighted by Crippen LogP contribution is -2.41. The summed E-state index contributed by atoms with van der Waals surface area (Å²) in [6.07, 6.45) is 3.80. The average Bonchev–Trinajstić information content (AvgIpc) is 2.46. The number of methoxy groups -OCH3 is 1. The Morgan fingerprint density at radius 2 is 2.00 bits per heavy atom. The maximum absolute atomic E-state index is 12.1. The van der Waals surface area contributed by atoms with Crippen molar-refractivity contribution in [3.05, 3.63) is 11.1 Å². The van der Waals surface area contributed by atoms with E-state index in [2.05, 4.69) is 6.92 Å². The molecule has 3 heteroatoms. The molecule has 1 aliphatic carbocycles. The molecule has 0 heterocycles. The summed E-state index contributed by atoms with van der Waals surface area (Å²) in [5, 5.41) is 10.8. The molecule has 98 valence electrons. The molecule has 0 amide bonds. The van der Waals surface area contributed by atoms with Crippen molar-refractivity contribution in [3.63, 3.8) is 0 Å². The number of hydrogen-bond donors (Lipinski definition) is 1. The van der Waals surface area contributed by atoms with Crippen LogP contribution in [0.3, 0.4) is 0 Å². The van der Waals surface area contributed by atoms with Crippen molar-refractivity contribution in [2.75, 3.05) is 13.7 Å². The molecule has 0 bridgehead atoms. The van der Waals surface area contributed by atoms with Crippen molar-refractivity contribution in [2.24, 2.45) is 5.92 Å². The fraction of sp³-hybridized carbons (Fsp3) is 0.786. The van der Waals surface area contributed by atoms with Crippen molar-refractivity contribution in [1.82, 2.24) is 0 Å². The van der Waals surface area contributed by atoms with Crippen LogP contribution in [-0.4, -0.2) is 30.2 Å². The first-order valence-electron chi connectivity index (χ1n) is 6.42. The van der Waals surface area contributed by atoms with Crippen molar-refractivity contribution < 1.29 is 14.6 Å². The van der Waals surface area contributed by atoms with Crippen molar-refractivity contribution in [2.45, 2.75) is 52.1 Å². The van der Waals surface area contributed by atoms with E-state index in [-0.39, 0.29) is 5.78 Å². The van der Waals surface area contributed by atoms with Crippen molar-refractivity contribution in [3.8, 4) is 0 Å². The Morgan fingerprint density at radius 3 is 2.53 bits per heavy atom. The molecule has 0 spiro atoms. The van der Waals surface area contributed by atoms with Gasteiger partial charge in [-0.1, -0.05) is 26.2 Å². The highest BCUT2D eigenvalue weighted by molar-refractivity contribution is 6.02. The second-order valence-corrected chi connectivity index (χ2v) is 5.00. The fourth-order valence-corrected chi connectivity index (χ4v) is 2.64. The molecule has 17 heavy (non-hydrogen) atoms. The fourth-order valence-electron chi connectivity index (χ4n) is 2.64. The number of rotatable bonds is 6. The highest BCUT2D eigenvalue weighted by Crippen LogP contribution is 2.41. The topological polar surface area (TPSA) is 46.5 Å². The Kier molecular flexibility index (Phi) is 4.90. The largest absolute Gasteiger partial charge is 0.385 e. The van der Waals surface area contributed by atoms with Gasteiger partial charge in [-0.3, -0.25) is 4.79 Å². The van der Waals surface area contributed by atoms with Crippen LogP contribution in [0.25, 0.3) is 0 Å². The lowest BCUT2D eigenvalue weighted by molar-refractivity contribution is -0.126. The molecular weight excluding hydrogens is 216 g/mol. The van der Waals surface area contributed by atoms with E-state index in [0.717, 1.165) is 24.8 Å². The number of ketones is 1. The summed E-state index contributed by atoms with van der Waals surface area (Å²) in [6, 6.07) is 0. The zero-order valence-corrected chi connectivity index (χ0v) is 11.4. The molecule has 0 aromatic carbocycles. The van der Waals surface area contributed by atoms with Gasteiger partial charge in [-0.25, -0.2) is 0 Å². The van der Waals surface area contributed by atoms with E-state index in [1.54, 1.807) is 14.0 Å². The Morgan fingerprint density at radius 1 is 1.35 bits per heavy atom. The Hall–Kier alpha value is -0.670. The summed E-state index contributed by atoms with van der Waals surface area (Å²) in [5.74, 6) is -0.368. The number of aliphatic hydroxyl groups is 1. The number of Topliss-reactive ketones (excluding diaryl/α,β-unsaturated/α-hetero) is 1. The van der Waals surface area contributed by atoms with Gasteiger partial charge < -0.3 is 9.84 Å². The molecule has 0 saturated carbocycles. The molecule has 0 aliphatic heterocycles. The monoisotopic (exact) mass is 240 g/mol. The molecule has 2 atom stereocenters. The quantitative estimate of drug-likeness (QED) is 0.725. The number of hydrogen-bond acceptors (Lipinski definition) is 3. The van der Waals surface area contributed by atoms with Gasteiger partial charge in [0.2, 0.25) is 0 Å². The van der Waals surface area contributed by atoms with Crippen LogP contribution >= 0.6 is 0 Å². The first-order valence-corrected chi connectivity index (χ1v) is 6.42. The summed E-state index contributed by atoms with van der Waals surface area (Å²) in [5.41, 5.74) is 0.568. The number of ether oxygens (including phenoxy) is 1. The maximum Gasteiger partial charge on any atom is 0.167 e. The highest BCUT2D eigenvalue weighted by atomic mass is 16.5. The van der Waals surface area contributed by atoms with Gasteiger partial charge in [-0.2, -0.15) is 0 Å². The Balaban J connectivity index is 2.87. The summed E-state index contributed by atoms with van der Waals surface area (Å²) in [6.45, 7) is 6.10. The Labute approximate surface area is 104 Å². The van der Waals surface area contributed by atoms with Crippen molar-refractivity contribution >= 4 is 5.78 Å². The second kappa shape index (κ2) is 5.78. The van der Waals surface area contributed by atoms with E-state index in [4.69, 9.17) is 4.74 Å². The molecule has 1 aliphatic rings. The third-order valence-corrected chi connectivity index (χ3v) is 3.97. The van der Waals surface area contributed by atoms with Crippen LogP contribution in [0.5, 0.6) is 0 Å². The van der Waals surface area contributed by atoms with Crippen LogP contribution in [0.1, 0.15) is 46.5 Å². The van der Waals surface area contributed by atoms with E-state index in [9.17, 15) is 9.90 Å². The average molecular weight is 240 g/mol. The number of carbonyl (C=O) groups excluding carboxylic acids is 1. The number of allylic oxidation sites excluding steroid dienone is 1. The molecule has 0 unspecified atom stereocenters. The van der Waals surface area contributed by atoms with Gasteiger partial charge in [-0.15, -0.1) is 0 Å². The second-order valence-electron chi connectivity index (χ2n) is 5.00. The van der Waals surface area contributed by atoms with Crippen LogP contribution in [0, 0.1) is 5.92 Å². The molecule has 0 radical (unpaired) electrons. The SMILES string of the molecule is CCCCC[C@]1(O)C(C)=C(C)C(=O)[C@@H]1COC. The molecule has 0 aromatic heterocycles. The van der Waals surface area contributed by atoms with Crippen LogP contribution in [0.4, 0.5) is 0 Å². The van der Waals surface area contributed by atoms with E-state index >= 15 is 0 Å². The molecule has 0 saturated heterocycles. The van der Waals surface area contributed by atoms with E-state index in [1.807, 2.05) is 6.92 Å². The predicted molar refractivity (Wildman–Crippen MR) is 67.8 cm³/mol. The van der Waals surface area contributed by atoms with Gasteiger partial charge in [0, 0.05) is 7.11 Å². The zero-order valence-electron chi connectivity index (χ0n) is 11.4. The lowest BCUT2D eigenvalue weighted by Gasteiger charge is -2.31. The predicted octanol–water partition coefficient (Wildman–Crippen LogP) is 2.48. The molecule has 0 fully saturated rings. The van der Waals surface area contributed by atoms with Crippen molar-refractivity contribution in [1.29, 1.82) is 0 Å². The van der Waals surface area contributed by atoms with Gasteiger partial charge in [0.05, 0.1) is 18.1 Å². The standard InChI is InChI=1S/C14H24O3/c1-5-6-7-8-14(16)11(3)10(2)13(15)12(14)9-17-4/h12,16H,5-9H2,1-4H3/t12-,14-/m0/s1. The van der Waals surface area contributed by atoms with Crippen LogP contribution in [0.2, 0.25) is 0 Å². The van der Waals surface area contributed by atoms with Gasteiger partial charge in [0.25, 0.3) is 0 Å². The minimum atomic E-state index is -0.980. The molecule has 0 aromatic rings. The molecule has 3 nitrogen and oxygen atoms in total. The first kappa shape index (κ1) is 14.4. The maximum atomic E-state index is 12.1. The smallest absolute Gasteiger partial charge is 0.167 e. The van der Waals surface area contributed by atoms with Gasteiger partial charge in [0.15, 0.2) is 5.78 Å². The van der Waals surface area contributed by atoms with Crippen LogP contribution in [-0.2, 0) is 9.53 Å². The zero-order chi connectivity index (χ0) is 13.1. The van der Waals surface area contributed by atoms with E-state index in [0.29, 0.717) is 18.6 Å². The van der Waals surface area contributed by atoms with Crippen LogP contribution in [0.15, 0.2) is 11.1 Å². The normalized spacial score (nSPS) is 29.2. The molecular formula is C14H24O3. The minimum Gasteiger partial charge on any atom is -0.385 e. The minimum absolute atomic E-state index is 0.0448. The van der Waals surface area contributed by atoms with Gasteiger partial charge >= 0.3 is 0 Å². The number of unbranched alkanes of at least 4 members (excludes halogenated alkanes) is 2. The highest BCUT2D eigenvalue weighted by Gasteiger charge is 2.48. The third kappa shape index (κ3) is 2.61. The van der Waals surface area contributed by atoms with Crippen LogP contribution < -0.4 is 0 Å². The molecule has 1 rings (SSSR count). The lowest BCUT2D eigenvalue weighted by atomic mass is 9.82. The Bertz CT molecular complexity index is 319. The summed E-state index contributed by atoms with van der Waals surface area (Å²) < 4.78 is 5.09. The summed E-state index contributed by atoms with van der Waals surface area (Å²) >= 11 is 0. The van der Waals surface area contributed by atoms with E-state index in [1.165, 1.54) is 0 Å². The summed E-state index contributed by atoms with van der Waals surface area (Å²) in [7, 11) is 1.57. The van der Waals surface area contributed by atoms with Gasteiger partial charge in [0.1, 0.15) is 0 Å². The first-order chi connectivity index (χ1) is 7.99. The number of carbonyl (C=O) groups is 1. The third-order valence-electron chi connectivity index (χ3n) is 3.97. The summed E-state index contributed by atoms with van der Waals surface area (Å²) in [4.78, 5) is 12.1. The van der Waals surface area contributed by atoms with E-state index < -0.39 is 11.5 Å². The molecule has 1 N–H and O–H groups in total. The van der Waals surface area contributed by atoms with Gasteiger partial charge in [-0.05, 0) is 31.4 Å².